The van der Waals surface area contributed by atoms with Gasteiger partial charge >= 0.3 is 0 Å². The minimum atomic E-state index is 0.565. The van der Waals surface area contributed by atoms with Crippen molar-refractivity contribution < 1.29 is 4.48 Å². The van der Waals surface area contributed by atoms with Crippen LogP contribution in [0.2, 0.25) is 0 Å². The Labute approximate surface area is 179 Å². The van der Waals surface area contributed by atoms with Crippen molar-refractivity contribution in [2.45, 2.75) is 78.8 Å². The van der Waals surface area contributed by atoms with Gasteiger partial charge in [-0.1, -0.05) is 50.3 Å². The molecule has 1 atom stereocenters. The molecule has 0 aromatic heterocycles. The van der Waals surface area contributed by atoms with E-state index in [-0.39, 0.29) is 0 Å². The number of quaternary nitrogens is 1. The monoisotopic (exact) mass is 395 g/mol. The van der Waals surface area contributed by atoms with Gasteiger partial charge in [-0.15, -0.1) is 0 Å². The maximum absolute atomic E-state index is 2.80. The van der Waals surface area contributed by atoms with E-state index in [0.717, 1.165) is 6.04 Å². The Bertz CT molecular complexity index is 686. The van der Waals surface area contributed by atoms with Crippen molar-refractivity contribution in [1.29, 1.82) is 0 Å². The van der Waals surface area contributed by atoms with E-state index in [2.05, 4.69) is 82.0 Å². The van der Waals surface area contributed by atoms with E-state index in [4.69, 9.17) is 0 Å². The molecule has 1 aromatic carbocycles. The number of piperidine rings is 1. The molecule has 2 aliphatic rings. The Morgan fingerprint density at radius 1 is 1.10 bits per heavy atom. The Morgan fingerprint density at radius 2 is 1.76 bits per heavy atom. The van der Waals surface area contributed by atoms with Gasteiger partial charge in [0.05, 0.1) is 26.2 Å². The first-order valence-corrected chi connectivity index (χ1v) is 12.1. The van der Waals surface area contributed by atoms with E-state index in [0.29, 0.717) is 12.0 Å². The average molecular weight is 396 g/mol. The van der Waals surface area contributed by atoms with Crippen LogP contribution in [0.5, 0.6) is 0 Å². The highest BCUT2D eigenvalue weighted by Gasteiger charge is 2.39. The summed E-state index contributed by atoms with van der Waals surface area (Å²) in [4.78, 5) is 2.80. The van der Waals surface area contributed by atoms with Crippen LogP contribution in [0.4, 0.5) is 0 Å². The molecular formula is C27H43N2+. The molecule has 2 nitrogen and oxygen atoms in total. The number of hydrogen-bond acceptors (Lipinski definition) is 1. The van der Waals surface area contributed by atoms with Crippen molar-refractivity contribution in [3.05, 3.63) is 59.3 Å². The Kier molecular flexibility index (Phi) is 7.62. The van der Waals surface area contributed by atoms with E-state index >= 15 is 0 Å². The second kappa shape index (κ2) is 9.98. The van der Waals surface area contributed by atoms with Gasteiger partial charge in [-0.25, -0.2) is 0 Å². The van der Waals surface area contributed by atoms with Crippen LogP contribution in [0.25, 0.3) is 0 Å². The molecule has 0 saturated carbocycles. The zero-order valence-electron chi connectivity index (χ0n) is 19.5. The van der Waals surface area contributed by atoms with Crippen LogP contribution in [0.15, 0.2) is 48.2 Å². The lowest BCUT2D eigenvalue weighted by Crippen LogP contribution is -2.61. The summed E-state index contributed by atoms with van der Waals surface area (Å²) >= 11 is 0. The summed E-state index contributed by atoms with van der Waals surface area (Å²) in [6, 6.07) is 10.4. The van der Waals surface area contributed by atoms with Gasteiger partial charge in [-0.05, 0) is 69.6 Å². The highest BCUT2D eigenvalue weighted by molar-refractivity contribution is 5.34. The number of allylic oxidation sites excluding steroid dienone is 3. The van der Waals surface area contributed by atoms with Gasteiger partial charge in [0.2, 0.25) is 0 Å². The normalized spacial score (nSPS) is 22.4. The highest BCUT2D eigenvalue weighted by atomic mass is 15.4. The zero-order chi connectivity index (χ0) is 20.9. The molecule has 0 spiro atoms. The van der Waals surface area contributed by atoms with Crippen LogP contribution in [-0.4, -0.2) is 47.6 Å². The standard InChI is InChI=1S/C27H43N2/c1-6-13-25(18-22(4)5)28(26-19-23-14-9-10-15-24(23)20-26)21-27-16-11-12-17-29(27,7-2)8-3/h6,9-10,13-15,18,22,26-27H,7-8,11-12,16-17,19-21H2,1-5H3/q+1/b13-6-,25-18+. The Hall–Kier alpha value is -1.54. The summed E-state index contributed by atoms with van der Waals surface area (Å²) < 4.78 is 1.31. The van der Waals surface area contributed by atoms with Crippen LogP contribution < -0.4 is 0 Å². The number of fused-ring (bicyclic) bond motifs is 1. The van der Waals surface area contributed by atoms with Gasteiger partial charge in [0, 0.05) is 18.2 Å². The summed E-state index contributed by atoms with van der Waals surface area (Å²) in [5.74, 6) is 0.565. The van der Waals surface area contributed by atoms with Crippen LogP contribution in [-0.2, 0) is 12.8 Å². The summed E-state index contributed by atoms with van der Waals surface area (Å²) in [6.07, 6.45) is 13.6. The highest BCUT2D eigenvalue weighted by Crippen LogP contribution is 2.32. The molecule has 0 radical (unpaired) electrons. The number of likely N-dealkylation sites (N-methyl/N-ethyl adjacent to an activating group) is 1. The maximum Gasteiger partial charge on any atom is 0.107 e. The van der Waals surface area contributed by atoms with E-state index in [1.54, 1.807) is 11.1 Å². The fourth-order valence-corrected chi connectivity index (χ4v) is 5.79. The molecule has 160 valence electrons. The predicted molar refractivity (Wildman–Crippen MR) is 126 cm³/mol. The topological polar surface area (TPSA) is 3.24 Å². The van der Waals surface area contributed by atoms with Crippen molar-refractivity contribution in [2.75, 3.05) is 26.2 Å². The van der Waals surface area contributed by atoms with E-state index < -0.39 is 0 Å². The summed E-state index contributed by atoms with van der Waals surface area (Å²) in [5, 5.41) is 0. The van der Waals surface area contributed by atoms with Gasteiger partial charge in [0.25, 0.3) is 0 Å². The number of benzene rings is 1. The predicted octanol–water partition coefficient (Wildman–Crippen LogP) is 5.98. The van der Waals surface area contributed by atoms with Crippen molar-refractivity contribution >= 4 is 0 Å². The molecule has 1 aromatic rings. The molecule has 29 heavy (non-hydrogen) atoms. The number of nitrogens with zero attached hydrogens (tertiary/aromatic N) is 2. The molecule has 1 fully saturated rings. The molecule has 0 amide bonds. The van der Waals surface area contributed by atoms with Crippen LogP contribution in [0.1, 0.15) is 65.0 Å². The second-order valence-corrected chi connectivity index (χ2v) is 9.54. The third-order valence-corrected chi connectivity index (χ3v) is 7.48. The lowest BCUT2D eigenvalue weighted by atomic mass is 9.96. The van der Waals surface area contributed by atoms with E-state index in [1.165, 1.54) is 68.5 Å². The van der Waals surface area contributed by atoms with Crippen molar-refractivity contribution in [3.8, 4) is 0 Å². The SMILES string of the molecule is C/C=C\C(=C/C(C)C)N(CC1CCCC[N+]1(CC)CC)C1Cc2ccccc2C1. The van der Waals surface area contributed by atoms with Crippen LogP contribution in [0, 0.1) is 5.92 Å². The summed E-state index contributed by atoms with van der Waals surface area (Å²) in [6.45, 7) is 16.7. The first-order chi connectivity index (χ1) is 14.0. The van der Waals surface area contributed by atoms with E-state index in [1.807, 2.05) is 0 Å². The zero-order valence-corrected chi connectivity index (χ0v) is 19.5. The van der Waals surface area contributed by atoms with Gasteiger partial charge < -0.3 is 9.38 Å². The van der Waals surface area contributed by atoms with Gasteiger partial charge in [0.1, 0.15) is 6.04 Å². The molecule has 0 N–H and O–H groups in total. The number of rotatable bonds is 8. The Balaban J connectivity index is 1.92. The summed E-state index contributed by atoms with van der Waals surface area (Å²) in [7, 11) is 0. The molecular weight excluding hydrogens is 352 g/mol. The molecule has 1 saturated heterocycles. The molecule has 2 heteroatoms. The molecule has 1 unspecified atom stereocenters. The molecule has 1 aliphatic heterocycles. The Morgan fingerprint density at radius 3 is 2.31 bits per heavy atom. The summed E-state index contributed by atoms with van der Waals surface area (Å²) in [5.41, 5.74) is 4.56. The minimum absolute atomic E-state index is 0.565. The molecule has 0 bridgehead atoms. The first-order valence-electron chi connectivity index (χ1n) is 12.1. The fourth-order valence-electron chi connectivity index (χ4n) is 5.79. The van der Waals surface area contributed by atoms with Crippen molar-refractivity contribution in [2.24, 2.45) is 5.92 Å². The largest absolute Gasteiger partial charge is 0.362 e. The molecule has 3 rings (SSSR count). The number of hydrogen-bond donors (Lipinski definition) is 0. The van der Waals surface area contributed by atoms with Crippen LogP contribution >= 0.6 is 0 Å². The molecule has 1 heterocycles. The lowest BCUT2D eigenvalue weighted by Gasteiger charge is -2.49. The van der Waals surface area contributed by atoms with E-state index in [9.17, 15) is 0 Å². The second-order valence-electron chi connectivity index (χ2n) is 9.54. The fraction of sp³-hybridized carbons (Fsp3) is 0.630. The van der Waals surface area contributed by atoms with Crippen molar-refractivity contribution in [1.82, 2.24) is 4.90 Å². The third kappa shape index (κ3) is 4.97. The average Bonchev–Trinajstić information content (AvgIpc) is 3.15. The van der Waals surface area contributed by atoms with Gasteiger partial charge in [-0.2, -0.15) is 0 Å². The third-order valence-electron chi connectivity index (χ3n) is 7.48. The maximum atomic E-state index is 2.80. The van der Waals surface area contributed by atoms with Crippen LogP contribution in [0.3, 0.4) is 0 Å². The lowest BCUT2D eigenvalue weighted by molar-refractivity contribution is -0.952. The quantitative estimate of drug-likeness (QED) is 0.386. The van der Waals surface area contributed by atoms with Crippen molar-refractivity contribution in [3.63, 3.8) is 0 Å². The smallest absolute Gasteiger partial charge is 0.107 e. The first kappa shape index (κ1) is 22.2. The molecule has 1 aliphatic carbocycles. The van der Waals surface area contributed by atoms with Gasteiger partial charge in [-0.3, -0.25) is 0 Å². The van der Waals surface area contributed by atoms with Gasteiger partial charge in [0.15, 0.2) is 0 Å². The minimum Gasteiger partial charge on any atom is -0.362 e. The number of likely N-dealkylation sites (tertiary alicyclic amines) is 1.